The van der Waals surface area contributed by atoms with Crippen LogP contribution in [0.4, 0.5) is 0 Å². The molecule has 6 nitrogen and oxygen atoms in total. The van der Waals surface area contributed by atoms with Gasteiger partial charge in [-0.2, -0.15) is 0 Å². The van der Waals surface area contributed by atoms with E-state index in [0.717, 1.165) is 42.4 Å². The highest BCUT2D eigenvalue weighted by Crippen LogP contribution is 2.30. The van der Waals surface area contributed by atoms with E-state index >= 15 is 0 Å². The number of rotatable bonds is 9. The third-order valence-electron chi connectivity index (χ3n) is 6.47. The van der Waals surface area contributed by atoms with Crippen LogP contribution in [0.1, 0.15) is 54.4 Å². The zero-order chi connectivity index (χ0) is 23.1. The Morgan fingerprint density at radius 1 is 1.09 bits per heavy atom. The zero-order valence-corrected chi connectivity index (χ0v) is 19.1. The van der Waals surface area contributed by atoms with E-state index in [4.69, 9.17) is 5.73 Å². The molecule has 0 aliphatic heterocycles. The van der Waals surface area contributed by atoms with Crippen LogP contribution < -0.4 is 16.4 Å². The predicted octanol–water partition coefficient (Wildman–Crippen LogP) is 3.06. The lowest BCUT2D eigenvalue weighted by Crippen LogP contribution is -2.60. The maximum atomic E-state index is 13.0. The molecule has 0 radical (unpaired) electrons. The fourth-order valence-electron chi connectivity index (χ4n) is 4.63. The first-order valence-corrected chi connectivity index (χ1v) is 11.5. The summed E-state index contributed by atoms with van der Waals surface area (Å²) in [5.41, 5.74) is 9.37. The Bertz CT molecular complexity index is 914. The summed E-state index contributed by atoms with van der Waals surface area (Å²) < 4.78 is 0. The molecular formula is C26H35N3O3. The molecule has 0 heterocycles. The molecule has 6 heteroatoms. The lowest BCUT2D eigenvalue weighted by molar-refractivity contribution is -0.134. The molecule has 0 aromatic heterocycles. The largest absolute Gasteiger partial charge is 0.508 e. The van der Waals surface area contributed by atoms with Crippen LogP contribution >= 0.6 is 0 Å². The molecule has 0 spiro atoms. The fourth-order valence-corrected chi connectivity index (χ4v) is 4.63. The number of aromatic hydroxyl groups is 1. The SMILES string of the molecule is Cc1cc(O)cc(C)c1CC(N)C(=O)NC1(C(=O)NCCCc2ccccc2)CCCC1. The van der Waals surface area contributed by atoms with E-state index in [1.807, 2.05) is 32.0 Å². The number of hydrogen-bond acceptors (Lipinski definition) is 4. The Labute approximate surface area is 190 Å². The molecule has 32 heavy (non-hydrogen) atoms. The van der Waals surface area contributed by atoms with Crippen molar-refractivity contribution in [1.29, 1.82) is 0 Å². The Balaban J connectivity index is 1.57. The van der Waals surface area contributed by atoms with E-state index in [1.165, 1.54) is 5.56 Å². The van der Waals surface area contributed by atoms with Crippen molar-refractivity contribution in [3.63, 3.8) is 0 Å². The Kier molecular flexibility index (Phi) is 7.91. The minimum absolute atomic E-state index is 0.111. The monoisotopic (exact) mass is 437 g/mol. The number of phenols is 1. The first-order valence-electron chi connectivity index (χ1n) is 11.5. The number of aryl methyl sites for hydroxylation is 3. The van der Waals surface area contributed by atoms with Gasteiger partial charge >= 0.3 is 0 Å². The second-order valence-corrected chi connectivity index (χ2v) is 8.99. The van der Waals surface area contributed by atoms with Gasteiger partial charge in [0, 0.05) is 6.54 Å². The molecule has 1 fully saturated rings. The average molecular weight is 438 g/mol. The first kappa shape index (κ1) is 23.8. The maximum Gasteiger partial charge on any atom is 0.245 e. The summed E-state index contributed by atoms with van der Waals surface area (Å²) in [5.74, 6) is -0.213. The summed E-state index contributed by atoms with van der Waals surface area (Å²) in [4.78, 5) is 26.0. The highest BCUT2D eigenvalue weighted by atomic mass is 16.3. The number of nitrogens with one attached hydrogen (secondary N) is 2. The van der Waals surface area contributed by atoms with Gasteiger partial charge in [-0.25, -0.2) is 0 Å². The second kappa shape index (κ2) is 10.6. The van der Waals surface area contributed by atoms with Crippen LogP contribution in [0.5, 0.6) is 5.75 Å². The maximum absolute atomic E-state index is 13.0. The number of carbonyl (C=O) groups excluding carboxylic acids is 2. The molecule has 1 unspecified atom stereocenters. The van der Waals surface area contributed by atoms with E-state index in [1.54, 1.807) is 12.1 Å². The third kappa shape index (κ3) is 5.88. The van der Waals surface area contributed by atoms with Crippen LogP contribution in [0.3, 0.4) is 0 Å². The van der Waals surface area contributed by atoms with Crippen molar-refractivity contribution >= 4 is 11.8 Å². The van der Waals surface area contributed by atoms with E-state index in [-0.39, 0.29) is 17.6 Å². The smallest absolute Gasteiger partial charge is 0.245 e. The molecule has 1 saturated carbocycles. The standard InChI is InChI=1S/C26H35N3O3/c1-18-15-21(30)16-19(2)22(18)17-23(27)24(31)29-26(12-6-7-13-26)25(32)28-14-8-11-20-9-4-3-5-10-20/h3-5,9-10,15-16,23,30H,6-8,11-14,17,27H2,1-2H3,(H,28,32)(H,29,31). The Morgan fingerprint density at radius 2 is 1.72 bits per heavy atom. The van der Waals surface area contributed by atoms with Gasteiger partial charge in [-0.15, -0.1) is 0 Å². The molecule has 5 N–H and O–H groups in total. The lowest BCUT2D eigenvalue weighted by Gasteiger charge is -2.30. The van der Waals surface area contributed by atoms with Crippen molar-refractivity contribution in [2.75, 3.05) is 6.54 Å². The number of phenolic OH excluding ortho intramolecular Hbond substituents is 1. The number of carbonyl (C=O) groups is 2. The molecule has 1 atom stereocenters. The highest BCUT2D eigenvalue weighted by molar-refractivity contribution is 5.93. The topological polar surface area (TPSA) is 104 Å². The van der Waals surface area contributed by atoms with Crippen molar-refractivity contribution in [2.24, 2.45) is 5.73 Å². The summed E-state index contributed by atoms with van der Waals surface area (Å²) in [6.07, 6.45) is 5.18. The van der Waals surface area contributed by atoms with Crippen LogP contribution in [-0.2, 0) is 22.4 Å². The molecule has 2 aromatic carbocycles. The summed E-state index contributed by atoms with van der Waals surface area (Å²) in [7, 11) is 0. The number of nitrogens with two attached hydrogens (primary N) is 1. The summed E-state index contributed by atoms with van der Waals surface area (Å²) in [6, 6.07) is 12.8. The van der Waals surface area contributed by atoms with Crippen LogP contribution in [0, 0.1) is 13.8 Å². The van der Waals surface area contributed by atoms with Crippen molar-refractivity contribution in [2.45, 2.75) is 70.4 Å². The molecule has 2 aromatic rings. The van der Waals surface area contributed by atoms with Gasteiger partial charge in [0.2, 0.25) is 11.8 Å². The second-order valence-electron chi connectivity index (χ2n) is 8.99. The van der Waals surface area contributed by atoms with Crippen LogP contribution in [0.15, 0.2) is 42.5 Å². The number of hydrogen-bond donors (Lipinski definition) is 4. The fraction of sp³-hybridized carbons (Fsp3) is 0.462. The Morgan fingerprint density at radius 3 is 2.34 bits per heavy atom. The van der Waals surface area contributed by atoms with E-state index in [2.05, 4.69) is 22.8 Å². The van der Waals surface area contributed by atoms with Gasteiger partial charge in [0.1, 0.15) is 11.3 Å². The van der Waals surface area contributed by atoms with E-state index in [0.29, 0.717) is 25.8 Å². The molecule has 3 rings (SSSR count). The van der Waals surface area contributed by atoms with Crippen LogP contribution in [0.2, 0.25) is 0 Å². The van der Waals surface area contributed by atoms with Gasteiger partial charge < -0.3 is 21.5 Å². The van der Waals surface area contributed by atoms with Gasteiger partial charge in [0.25, 0.3) is 0 Å². The average Bonchev–Trinajstić information content (AvgIpc) is 3.24. The summed E-state index contributed by atoms with van der Waals surface area (Å²) in [6.45, 7) is 4.37. The van der Waals surface area contributed by atoms with E-state index < -0.39 is 11.6 Å². The van der Waals surface area contributed by atoms with Gasteiger partial charge in [-0.3, -0.25) is 9.59 Å². The predicted molar refractivity (Wildman–Crippen MR) is 126 cm³/mol. The van der Waals surface area contributed by atoms with Gasteiger partial charge in [0.15, 0.2) is 0 Å². The van der Waals surface area contributed by atoms with Gasteiger partial charge in [0.05, 0.1) is 6.04 Å². The molecule has 1 aliphatic carbocycles. The number of benzene rings is 2. The molecule has 2 amide bonds. The molecule has 172 valence electrons. The number of amides is 2. The molecular weight excluding hydrogens is 402 g/mol. The molecule has 0 saturated heterocycles. The van der Waals surface area contributed by atoms with Gasteiger partial charge in [-0.1, -0.05) is 43.2 Å². The quantitative estimate of drug-likeness (QED) is 0.453. The molecule has 0 bridgehead atoms. The minimum atomic E-state index is -0.875. The summed E-state index contributed by atoms with van der Waals surface area (Å²) >= 11 is 0. The van der Waals surface area contributed by atoms with Gasteiger partial charge in [-0.05, 0) is 80.3 Å². The third-order valence-corrected chi connectivity index (χ3v) is 6.47. The highest BCUT2D eigenvalue weighted by Gasteiger charge is 2.42. The minimum Gasteiger partial charge on any atom is -0.508 e. The van der Waals surface area contributed by atoms with Crippen molar-refractivity contribution in [3.8, 4) is 5.75 Å². The van der Waals surface area contributed by atoms with Crippen molar-refractivity contribution in [3.05, 3.63) is 64.7 Å². The molecule has 1 aliphatic rings. The first-order chi connectivity index (χ1) is 15.3. The van der Waals surface area contributed by atoms with Crippen LogP contribution in [-0.4, -0.2) is 35.0 Å². The van der Waals surface area contributed by atoms with E-state index in [9.17, 15) is 14.7 Å². The lowest BCUT2D eigenvalue weighted by atomic mass is 9.93. The van der Waals surface area contributed by atoms with Crippen molar-refractivity contribution < 1.29 is 14.7 Å². The normalized spacial score (nSPS) is 15.8. The van der Waals surface area contributed by atoms with Crippen LogP contribution in [0.25, 0.3) is 0 Å². The summed E-state index contributed by atoms with van der Waals surface area (Å²) in [5, 5.41) is 15.8. The Hall–Kier alpha value is -2.86. The van der Waals surface area contributed by atoms with Crippen molar-refractivity contribution in [1.82, 2.24) is 10.6 Å². The zero-order valence-electron chi connectivity index (χ0n) is 19.1.